The topological polar surface area (TPSA) is 108 Å². The van der Waals surface area contributed by atoms with Gasteiger partial charge in [0.05, 0.1) is 22.7 Å². The number of benzene rings is 2. The summed E-state index contributed by atoms with van der Waals surface area (Å²) in [6.07, 6.45) is 0. The number of nitrogens with zero attached hydrogens (tertiary/aromatic N) is 1. The Morgan fingerprint density at radius 2 is 1.89 bits per heavy atom. The number of fused-ring (bicyclic) bond motifs is 1. The average molecular weight is 425 g/mol. The van der Waals surface area contributed by atoms with E-state index in [1.54, 1.807) is 13.8 Å². The number of halogens is 1. The minimum Gasteiger partial charge on any atom is -0.462 e. The van der Waals surface area contributed by atoms with Crippen LogP contribution in [0.5, 0.6) is 0 Å². The molecule has 2 aromatic carbocycles. The maximum atomic E-state index is 12.7. The molecular formula is C18H17ClN2O6S. The maximum absolute atomic E-state index is 12.7. The molecule has 0 unspecified atom stereocenters. The van der Waals surface area contributed by atoms with Gasteiger partial charge < -0.3 is 9.15 Å². The molecular weight excluding hydrogens is 408 g/mol. The lowest BCUT2D eigenvalue weighted by atomic mass is 10.2. The van der Waals surface area contributed by atoms with E-state index in [4.69, 9.17) is 20.8 Å². The Bertz CT molecular complexity index is 1200. The van der Waals surface area contributed by atoms with E-state index >= 15 is 0 Å². The second-order valence-corrected chi connectivity index (χ2v) is 7.82. The predicted octanol–water partition coefficient (Wildman–Crippen LogP) is 3.25. The van der Waals surface area contributed by atoms with Crippen molar-refractivity contribution in [1.29, 1.82) is 0 Å². The lowest BCUT2D eigenvalue weighted by Crippen LogP contribution is -2.14. The number of sulfonamides is 1. The van der Waals surface area contributed by atoms with Crippen LogP contribution in [-0.4, -0.2) is 25.6 Å². The number of hydrogen-bond acceptors (Lipinski definition) is 6. The van der Waals surface area contributed by atoms with Crippen LogP contribution < -0.4 is 10.5 Å². The van der Waals surface area contributed by atoms with E-state index in [9.17, 15) is 18.0 Å². The zero-order valence-corrected chi connectivity index (χ0v) is 16.6. The van der Waals surface area contributed by atoms with E-state index in [1.165, 1.54) is 41.0 Å². The van der Waals surface area contributed by atoms with Gasteiger partial charge in [0.15, 0.2) is 5.58 Å². The molecule has 1 aromatic heterocycles. The molecule has 0 aliphatic carbocycles. The molecule has 28 heavy (non-hydrogen) atoms. The summed E-state index contributed by atoms with van der Waals surface area (Å²) < 4.78 is 39.2. The number of esters is 1. The van der Waals surface area contributed by atoms with E-state index in [0.717, 1.165) is 0 Å². The van der Waals surface area contributed by atoms with Gasteiger partial charge in [-0.15, -0.1) is 0 Å². The van der Waals surface area contributed by atoms with Gasteiger partial charge >= 0.3 is 11.7 Å². The van der Waals surface area contributed by atoms with E-state index in [2.05, 4.69) is 4.72 Å². The number of hydrogen-bond donors (Lipinski definition) is 1. The van der Waals surface area contributed by atoms with Gasteiger partial charge in [0.25, 0.3) is 10.0 Å². The molecule has 3 aromatic rings. The van der Waals surface area contributed by atoms with Crippen molar-refractivity contribution in [2.24, 2.45) is 0 Å². The van der Waals surface area contributed by atoms with Crippen molar-refractivity contribution >= 4 is 44.4 Å². The summed E-state index contributed by atoms with van der Waals surface area (Å²) in [7, 11) is -4.06. The summed E-state index contributed by atoms with van der Waals surface area (Å²) in [6.45, 7) is 4.05. The first-order valence-electron chi connectivity index (χ1n) is 8.39. The van der Waals surface area contributed by atoms with Crippen LogP contribution in [-0.2, 0) is 21.3 Å². The van der Waals surface area contributed by atoms with E-state index in [1.807, 2.05) is 0 Å². The molecule has 0 saturated carbocycles. The number of aryl methyl sites for hydroxylation is 1. The quantitative estimate of drug-likeness (QED) is 0.608. The SMILES string of the molecule is CCOC(=O)c1ccc(NS(=O)(=O)c2cc3oc(=O)n(CC)c3cc2Cl)cc1. The molecule has 10 heteroatoms. The van der Waals surface area contributed by atoms with Crippen LogP contribution in [0.2, 0.25) is 5.02 Å². The van der Waals surface area contributed by atoms with Crippen LogP contribution in [0.25, 0.3) is 11.1 Å². The molecule has 0 fully saturated rings. The molecule has 0 amide bonds. The molecule has 0 aliphatic heterocycles. The number of oxazole rings is 1. The fourth-order valence-corrected chi connectivity index (χ4v) is 4.27. The third kappa shape index (κ3) is 3.76. The lowest BCUT2D eigenvalue weighted by Gasteiger charge is -2.10. The summed E-state index contributed by atoms with van der Waals surface area (Å²) in [4.78, 5) is 23.3. The number of nitrogens with one attached hydrogen (secondary N) is 1. The Hall–Kier alpha value is -2.78. The molecule has 0 atom stereocenters. The van der Waals surface area contributed by atoms with Crippen LogP contribution in [0.4, 0.5) is 5.69 Å². The van der Waals surface area contributed by atoms with Gasteiger partial charge in [0.1, 0.15) is 4.90 Å². The van der Waals surface area contributed by atoms with Crippen molar-refractivity contribution in [3.05, 3.63) is 57.5 Å². The van der Waals surface area contributed by atoms with Crippen molar-refractivity contribution in [3.63, 3.8) is 0 Å². The van der Waals surface area contributed by atoms with Crippen molar-refractivity contribution in [2.75, 3.05) is 11.3 Å². The second-order valence-electron chi connectivity index (χ2n) is 5.77. The predicted molar refractivity (Wildman–Crippen MR) is 104 cm³/mol. The third-order valence-corrected chi connectivity index (χ3v) is 5.82. The van der Waals surface area contributed by atoms with Crippen LogP contribution in [0.3, 0.4) is 0 Å². The first-order valence-corrected chi connectivity index (χ1v) is 10.3. The second kappa shape index (κ2) is 7.69. The van der Waals surface area contributed by atoms with Crippen molar-refractivity contribution in [2.45, 2.75) is 25.3 Å². The van der Waals surface area contributed by atoms with E-state index < -0.39 is 21.7 Å². The molecule has 0 saturated heterocycles. The largest absolute Gasteiger partial charge is 0.462 e. The molecule has 0 bridgehead atoms. The minimum absolute atomic E-state index is 0.0499. The molecule has 0 radical (unpaired) electrons. The van der Waals surface area contributed by atoms with Gasteiger partial charge in [0.2, 0.25) is 0 Å². The normalized spacial score (nSPS) is 11.5. The first-order chi connectivity index (χ1) is 13.3. The molecule has 148 valence electrons. The zero-order valence-electron chi connectivity index (χ0n) is 15.1. The minimum atomic E-state index is -4.06. The smallest absolute Gasteiger partial charge is 0.419 e. The van der Waals surface area contributed by atoms with Gasteiger partial charge in [-0.05, 0) is 44.2 Å². The molecule has 0 spiro atoms. The summed E-state index contributed by atoms with van der Waals surface area (Å²) in [5.74, 6) is -1.09. The molecule has 1 heterocycles. The number of anilines is 1. The highest BCUT2D eigenvalue weighted by molar-refractivity contribution is 7.92. The molecule has 8 nitrogen and oxygen atoms in total. The fourth-order valence-electron chi connectivity index (χ4n) is 2.67. The summed E-state index contributed by atoms with van der Waals surface area (Å²) >= 11 is 6.16. The first kappa shape index (κ1) is 20.0. The van der Waals surface area contributed by atoms with Gasteiger partial charge in [-0.1, -0.05) is 11.6 Å². The van der Waals surface area contributed by atoms with Gasteiger partial charge in [-0.25, -0.2) is 18.0 Å². The Labute approximate surface area is 165 Å². The highest BCUT2D eigenvalue weighted by Gasteiger charge is 2.22. The Balaban J connectivity index is 1.94. The van der Waals surface area contributed by atoms with Crippen molar-refractivity contribution < 1.29 is 22.4 Å². The van der Waals surface area contributed by atoms with Gasteiger partial charge in [-0.2, -0.15) is 0 Å². The van der Waals surface area contributed by atoms with E-state index in [-0.39, 0.29) is 27.8 Å². The van der Waals surface area contributed by atoms with Crippen LogP contribution >= 0.6 is 11.6 Å². The summed E-state index contributed by atoms with van der Waals surface area (Å²) in [6, 6.07) is 8.35. The van der Waals surface area contributed by atoms with Gasteiger partial charge in [0, 0.05) is 18.3 Å². The molecule has 0 aliphatic rings. The molecule has 1 N–H and O–H groups in total. The van der Waals surface area contributed by atoms with Crippen molar-refractivity contribution in [3.8, 4) is 0 Å². The van der Waals surface area contributed by atoms with Crippen LogP contribution in [0.1, 0.15) is 24.2 Å². The fraction of sp³-hybridized carbons (Fsp3) is 0.222. The highest BCUT2D eigenvalue weighted by atomic mass is 35.5. The molecule has 3 rings (SSSR count). The van der Waals surface area contributed by atoms with Crippen molar-refractivity contribution in [1.82, 2.24) is 4.57 Å². The van der Waals surface area contributed by atoms with Crippen LogP contribution in [0, 0.1) is 0 Å². The number of ether oxygens (including phenoxy) is 1. The monoisotopic (exact) mass is 424 g/mol. The standard InChI is InChI=1S/C18H17ClN2O6S/c1-3-21-14-9-13(19)16(10-15(14)27-18(21)23)28(24,25)20-12-7-5-11(6-8-12)17(22)26-4-2/h5-10,20H,3-4H2,1-2H3. The summed E-state index contributed by atoms with van der Waals surface area (Å²) in [5.41, 5.74) is 1.06. The summed E-state index contributed by atoms with van der Waals surface area (Å²) in [5, 5.41) is -0.0499. The average Bonchev–Trinajstić information content (AvgIpc) is 2.95. The Kier molecular flexibility index (Phi) is 5.48. The maximum Gasteiger partial charge on any atom is 0.419 e. The highest BCUT2D eigenvalue weighted by Crippen LogP contribution is 2.29. The Morgan fingerprint density at radius 3 is 2.50 bits per heavy atom. The zero-order chi connectivity index (χ0) is 20.5. The van der Waals surface area contributed by atoms with Crippen LogP contribution in [0.15, 0.2) is 50.5 Å². The third-order valence-electron chi connectivity index (χ3n) is 3.98. The Morgan fingerprint density at radius 1 is 1.21 bits per heavy atom. The number of carbonyl (C=O) groups excluding carboxylic acids is 1. The van der Waals surface area contributed by atoms with E-state index in [0.29, 0.717) is 17.6 Å². The lowest BCUT2D eigenvalue weighted by molar-refractivity contribution is 0.0526. The number of aromatic nitrogens is 1. The van der Waals surface area contributed by atoms with Gasteiger partial charge in [-0.3, -0.25) is 9.29 Å². The number of rotatable bonds is 6. The number of carbonyl (C=O) groups is 1.